The molecule has 0 saturated heterocycles. The lowest BCUT2D eigenvalue weighted by Gasteiger charge is -2.17. The summed E-state index contributed by atoms with van der Waals surface area (Å²) in [7, 11) is 0. The lowest BCUT2D eigenvalue weighted by molar-refractivity contribution is -0.142. The summed E-state index contributed by atoms with van der Waals surface area (Å²) in [5.41, 5.74) is 7.43. The van der Waals surface area contributed by atoms with Crippen LogP contribution in [0.3, 0.4) is 0 Å². The summed E-state index contributed by atoms with van der Waals surface area (Å²) in [4.78, 5) is 11.5. The highest BCUT2D eigenvalue weighted by molar-refractivity contribution is 5.87. The van der Waals surface area contributed by atoms with Crippen LogP contribution in [0.2, 0.25) is 0 Å². The third kappa shape index (κ3) is 8.92. The van der Waals surface area contributed by atoms with Gasteiger partial charge in [0, 0.05) is 5.57 Å². The van der Waals surface area contributed by atoms with Crippen LogP contribution in [-0.2, 0) is 9.53 Å². The number of hydrogen-bond donors (Lipinski definition) is 1. The quantitative estimate of drug-likeness (QED) is 0.200. The average molecular weight is 281 g/mol. The molecule has 0 spiro atoms. The molecule has 0 rings (SSSR count). The molecule has 0 fully saturated rings. The smallest absolute Gasteiger partial charge is 0.334 e. The van der Waals surface area contributed by atoms with E-state index in [-0.39, 0.29) is 0 Å². The van der Waals surface area contributed by atoms with Gasteiger partial charge >= 0.3 is 5.97 Å². The Bertz CT molecular complexity index is 321. The summed E-state index contributed by atoms with van der Waals surface area (Å²) in [5.74, 6) is -0.410. The summed E-state index contributed by atoms with van der Waals surface area (Å²) in [6, 6.07) is 0. The third-order valence-corrected chi connectivity index (χ3v) is 3.23. The van der Waals surface area contributed by atoms with Crippen molar-refractivity contribution >= 4 is 5.97 Å². The maximum atomic E-state index is 11.5. The molecule has 0 amide bonds. The van der Waals surface area contributed by atoms with Crippen molar-refractivity contribution in [2.24, 2.45) is 5.73 Å². The van der Waals surface area contributed by atoms with Crippen LogP contribution in [0.1, 0.15) is 72.1 Å². The summed E-state index contributed by atoms with van der Waals surface area (Å²) < 4.78 is 5.23. The van der Waals surface area contributed by atoms with Gasteiger partial charge in [0.15, 0.2) is 6.23 Å². The zero-order chi connectivity index (χ0) is 15.4. The molecular formula is C17H31NO2. The zero-order valence-corrected chi connectivity index (χ0v) is 13.4. The third-order valence-electron chi connectivity index (χ3n) is 3.23. The van der Waals surface area contributed by atoms with Gasteiger partial charge in [-0.25, -0.2) is 4.79 Å². The number of rotatable bonds is 11. The maximum Gasteiger partial charge on any atom is 0.334 e. The number of carbonyl (C=O) groups is 1. The Morgan fingerprint density at radius 2 is 1.80 bits per heavy atom. The Morgan fingerprint density at radius 1 is 1.20 bits per heavy atom. The van der Waals surface area contributed by atoms with Gasteiger partial charge < -0.3 is 4.74 Å². The van der Waals surface area contributed by atoms with Crippen LogP contribution in [0, 0.1) is 0 Å². The number of carbonyl (C=O) groups excluding carboxylic acids is 1. The first-order valence-electron chi connectivity index (χ1n) is 7.83. The monoisotopic (exact) mass is 281 g/mol. The van der Waals surface area contributed by atoms with E-state index in [1.807, 2.05) is 0 Å². The van der Waals surface area contributed by atoms with Gasteiger partial charge in [-0.3, -0.25) is 5.73 Å². The average Bonchev–Trinajstić information content (AvgIpc) is 2.41. The lowest BCUT2D eigenvalue weighted by atomic mass is 10.0. The predicted molar refractivity (Wildman–Crippen MR) is 85.2 cm³/mol. The van der Waals surface area contributed by atoms with Gasteiger partial charge in [-0.1, -0.05) is 52.2 Å². The molecule has 0 radical (unpaired) electrons. The minimum Gasteiger partial charge on any atom is -0.439 e. The van der Waals surface area contributed by atoms with Gasteiger partial charge in [-0.05, 0) is 38.2 Å². The Hall–Kier alpha value is -1.09. The van der Waals surface area contributed by atoms with Crippen LogP contribution in [0.4, 0.5) is 0 Å². The van der Waals surface area contributed by atoms with E-state index in [0.717, 1.165) is 31.3 Å². The summed E-state index contributed by atoms with van der Waals surface area (Å²) in [6.07, 6.45) is 10.5. The molecule has 0 aromatic heterocycles. The molecule has 0 aromatic rings. The fourth-order valence-corrected chi connectivity index (χ4v) is 1.91. The second kappa shape index (κ2) is 11.7. The van der Waals surface area contributed by atoms with E-state index >= 15 is 0 Å². The maximum absolute atomic E-state index is 11.5. The van der Waals surface area contributed by atoms with Crippen LogP contribution < -0.4 is 5.73 Å². The summed E-state index contributed by atoms with van der Waals surface area (Å²) in [5, 5.41) is 0. The molecule has 116 valence electrons. The Labute approximate surface area is 124 Å². The molecule has 1 atom stereocenters. The molecule has 1 unspecified atom stereocenters. The number of allylic oxidation sites excluding steroid dienone is 1. The van der Waals surface area contributed by atoms with Crippen LogP contribution in [0.25, 0.3) is 0 Å². The molecule has 0 bridgehead atoms. The van der Waals surface area contributed by atoms with Gasteiger partial charge in [0.1, 0.15) is 0 Å². The SMILES string of the molecule is C=C(C)C(=O)OC(N)C(=CCCCCC)CCCCC. The van der Waals surface area contributed by atoms with Crippen molar-refractivity contribution in [3.63, 3.8) is 0 Å². The summed E-state index contributed by atoms with van der Waals surface area (Å²) >= 11 is 0. The standard InChI is InChI=1S/C17H31NO2/c1-5-7-9-11-13-15(12-10-8-6-2)16(18)20-17(19)14(3)4/h13,16H,3,5-12,18H2,1-2,4H3. The van der Waals surface area contributed by atoms with E-state index in [9.17, 15) is 4.79 Å². The van der Waals surface area contributed by atoms with Crippen molar-refractivity contribution in [3.05, 3.63) is 23.8 Å². The van der Waals surface area contributed by atoms with Gasteiger partial charge in [0.05, 0.1) is 0 Å². The van der Waals surface area contributed by atoms with Crippen LogP contribution in [0.15, 0.2) is 23.8 Å². The molecule has 20 heavy (non-hydrogen) atoms. The first kappa shape index (κ1) is 18.9. The van der Waals surface area contributed by atoms with Crippen molar-refractivity contribution in [2.45, 2.75) is 78.4 Å². The Morgan fingerprint density at radius 3 is 2.35 bits per heavy atom. The normalized spacial score (nSPS) is 13.1. The van der Waals surface area contributed by atoms with Gasteiger partial charge in [0.25, 0.3) is 0 Å². The van der Waals surface area contributed by atoms with Crippen LogP contribution >= 0.6 is 0 Å². The number of esters is 1. The largest absolute Gasteiger partial charge is 0.439 e. The minimum atomic E-state index is -0.627. The molecule has 3 nitrogen and oxygen atoms in total. The van der Waals surface area contributed by atoms with Crippen LogP contribution in [-0.4, -0.2) is 12.2 Å². The van der Waals surface area contributed by atoms with Crippen molar-refractivity contribution in [2.75, 3.05) is 0 Å². The highest BCUT2D eigenvalue weighted by atomic mass is 16.6. The fourth-order valence-electron chi connectivity index (χ4n) is 1.91. The molecular weight excluding hydrogens is 250 g/mol. The van der Waals surface area contributed by atoms with Crippen molar-refractivity contribution in [1.29, 1.82) is 0 Å². The lowest BCUT2D eigenvalue weighted by Crippen LogP contribution is -2.29. The second-order valence-corrected chi connectivity index (χ2v) is 5.34. The molecule has 0 aliphatic rings. The fraction of sp³-hybridized carbons (Fsp3) is 0.706. The van der Waals surface area contributed by atoms with Crippen LogP contribution in [0.5, 0.6) is 0 Å². The van der Waals surface area contributed by atoms with E-state index in [1.165, 1.54) is 25.7 Å². The molecule has 2 N–H and O–H groups in total. The predicted octanol–water partition coefficient (Wildman–Crippen LogP) is 4.48. The molecule has 0 aromatic carbocycles. The Kier molecular flexibility index (Phi) is 11.1. The van der Waals surface area contributed by atoms with E-state index in [2.05, 4.69) is 26.5 Å². The molecule has 0 saturated carbocycles. The van der Waals surface area contributed by atoms with E-state index in [0.29, 0.717) is 5.57 Å². The number of ether oxygens (including phenoxy) is 1. The first-order chi connectivity index (χ1) is 9.52. The topological polar surface area (TPSA) is 52.3 Å². The number of nitrogens with two attached hydrogens (primary N) is 1. The van der Waals surface area contributed by atoms with E-state index in [1.54, 1.807) is 6.92 Å². The number of unbranched alkanes of at least 4 members (excludes halogenated alkanes) is 5. The molecule has 0 aliphatic heterocycles. The van der Waals surface area contributed by atoms with E-state index < -0.39 is 12.2 Å². The first-order valence-corrected chi connectivity index (χ1v) is 7.83. The van der Waals surface area contributed by atoms with Gasteiger partial charge in [-0.15, -0.1) is 0 Å². The second-order valence-electron chi connectivity index (χ2n) is 5.34. The molecule has 0 aliphatic carbocycles. The van der Waals surface area contributed by atoms with E-state index in [4.69, 9.17) is 10.5 Å². The zero-order valence-electron chi connectivity index (χ0n) is 13.4. The molecule has 0 heterocycles. The van der Waals surface area contributed by atoms with Gasteiger partial charge in [-0.2, -0.15) is 0 Å². The molecule has 3 heteroatoms. The minimum absolute atomic E-state index is 0.388. The highest BCUT2D eigenvalue weighted by Gasteiger charge is 2.14. The van der Waals surface area contributed by atoms with Crippen molar-refractivity contribution in [3.8, 4) is 0 Å². The highest BCUT2D eigenvalue weighted by Crippen LogP contribution is 2.16. The number of hydrogen-bond acceptors (Lipinski definition) is 3. The Balaban J connectivity index is 4.47. The van der Waals surface area contributed by atoms with Crippen molar-refractivity contribution < 1.29 is 9.53 Å². The van der Waals surface area contributed by atoms with Gasteiger partial charge in [0.2, 0.25) is 0 Å². The summed E-state index contributed by atoms with van der Waals surface area (Å²) in [6.45, 7) is 9.57. The van der Waals surface area contributed by atoms with Crippen molar-refractivity contribution in [1.82, 2.24) is 0 Å².